The predicted octanol–water partition coefficient (Wildman–Crippen LogP) is 4.01. The highest BCUT2D eigenvalue weighted by molar-refractivity contribution is 6.25. The average Bonchev–Trinajstić information content (AvgIpc) is 2.68. The summed E-state index contributed by atoms with van der Waals surface area (Å²) in [6.07, 6.45) is 6.64. The molecule has 0 unspecified atom stereocenters. The fourth-order valence-corrected chi connectivity index (χ4v) is 4.33. The van der Waals surface area contributed by atoms with Crippen molar-refractivity contribution in [3.05, 3.63) is 47.5 Å². The SMILES string of the molecule is O=C(CCCN1C(=O)c2cccc3cccc(c23)C1=O)N1CCCCCCC1. The summed E-state index contributed by atoms with van der Waals surface area (Å²) in [6.45, 7) is 1.94. The van der Waals surface area contributed by atoms with Crippen molar-refractivity contribution in [2.75, 3.05) is 19.6 Å². The van der Waals surface area contributed by atoms with Crippen molar-refractivity contribution in [3.63, 3.8) is 0 Å². The van der Waals surface area contributed by atoms with Gasteiger partial charge in [0, 0.05) is 42.6 Å². The lowest BCUT2D eigenvalue weighted by molar-refractivity contribution is -0.131. The number of hydrogen-bond acceptors (Lipinski definition) is 3. The summed E-state index contributed by atoms with van der Waals surface area (Å²) in [5.74, 6) is -0.373. The molecule has 4 rings (SSSR count). The van der Waals surface area contributed by atoms with Gasteiger partial charge in [0.2, 0.25) is 5.91 Å². The van der Waals surface area contributed by atoms with Gasteiger partial charge in [0.25, 0.3) is 11.8 Å². The molecule has 1 saturated heterocycles. The zero-order valence-corrected chi connectivity index (χ0v) is 16.2. The van der Waals surface area contributed by atoms with E-state index >= 15 is 0 Å². The lowest BCUT2D eigenvalue weighted by Gasteiger charge is -2.28. The van der Waals surface area contributed by atoms with E-state index in [1.54, 1.807) is 12.1 Å². The van der Waals surface area contributed by atoms with Crippen LogP contribution in [-0.4, -0.2) is 47.2 Å². The Morgan fingerprint density at radius 2 is 1.39 bits per heavy atom. The standard InChI is InChI=1S/C23H26N2O3/c26-20(24-14-4-2-1-3-5-15-24)13-8-16-25-22(27)18-11-6-9-17-10-7-12-19(21(17)18)23(25)28/h6-7,9-12H,1-5,8,13-16H2. The van der Waals surface area contributed by atoms with Gasteiger partial charge in [-0.3, -0.25) is 19.3 Å². The van der Waals surface area contributed by atoms with Gasteiger partial charge in [0.05, 0.1) is 0 Å². The molecule has 0 saturated carbocycles. The van der Waals surface area contributed by atoms with Crippen molar-refractivity contribution < 1.29 is 14.4 Å². The summed E-state index contributed by atoms with van der Waals surface area (Å²) >= 11 is 0. The number of likely N-dealkylation sites (tertiary alicyclic amines) is 1. The van der Waals surface area contributed by atoms with E-state index in [1.165, 1.54) is 24.2 Å². The predicted molar refractivity (Wildman–Crippen MR) is 108 cm³/mol. The normalized spacial score (nSPS) is 17.6. The Hall–Kier alpha value is -2.69. The molecular formula is C23H26N2O3. The average molecular weight is 378 g/mol. The second-order valence-corrected chi connectivity index (χ2v) is 7.72. The minimum atomic E-state index is -0.256. The lowest BCUT2D eigenvalue weighted by Crippen LogP contribution is -2.41. The highest BCUT2D eigenvalue weighted by atomic mass is 16.2. The highest BCUT2D eigenvalue weighted by Crippen LogP contribution is 2.30. The summed E-state index contributed by atoms with van der Waals surface area (Å²) in [5, 5.41) is 1.65. The van der Waals surface area contributed by atoms with Crippen LogP contribution in [0.2, 0.25) is 0 Å². The Bertz CT molecular complexity index is 862. The first kappa shape index (κ1) is 18.7. The van der Waals surface area contributed by atoms with E-state index in [4.69, 9.17) is 0 Å². The molecule has 3 amide bonds. The number of hydrogen-bond donors (Lipinski definition) is 0. The first-order valence-electron chi connectivity index (χ1n) is 10.3. The molecule has 0 aliphatic carbocycles. The largest absolute Gasteiger partial charge is 0.343 e. The van der Waals surface area contributed by atoms with E-state index in [9.17, 15) is 14.4 Å². The van der Waals surface area contributed by atoms with Crippen molar-refractivity contribution in [1.29, 1.82) is 0 Å². The number of amides is 3. The van der Waals surface area contributed by atoms with Gasteiger partial charge in [-0.15, -0.1) is 0 Å². The quantitative estimate of drug-likeness (QED) is 0.756. The first-order chi connectivity index (χ1) is 13.7. The molecule has 28 heavy (non-hydrogen) atoms. The highest BCUT2D eigenvalue weighted by Gasteiger charge is 2.32. The topological polar surface area (TPSA) is 57.7 Å². The van der Waals surface area contributed by atoms with E-state index in [0.29, 0.717) is 24.0 Å². The number of rotatable bonds is 4. The molecule has 2 aliphatic rings. The number of imide groups is 1. The molecule has 5 heteroatoms. The number of carbonyl (C=O) groups is 3. The maximum atomic E-state index is 12.9. The molecule has 146 valence electrons. The summed E-state index contributed by atoms with van der Waals surface area (Å²) in [6, 6.07) is 11.1. The monoisotopic (exact) mass is 378 g/mol. The number of nitrogens with zero attached hydrogens (tertiary/aromatic N) is 2. The Morgan fingerprint density at radius 3 is 2.00 bits per heavy atom. The molecule has 0 atom stereocenters. The zero-order valence-electron chi connectivity index (χ0n) is 16.2. The second-order valence-electron chi connectivity index (χ2n) is 7.72. The van der Waals surface area contributed by atoms with Crippen LogP contribution in [0.1, 0.15) is 65.7 Å². The second kappa shape index (κ2) is 8.13. The third kappa shape index (κ3) is 3.53. The molecule has 5 nitrogen and oxygen atoms in total. The number of benzene rings is 2. The summed E-state index contributed by atoms with van der Waals surface area (Å²) in [7, 11) is 0. The smallest absolute Gasteiger partial charge is 0.261 e. The zero-order chi connectivity index (χ0) is 19.5. The Kier molecular flexibility index (Phi) is 5.42. The van der Waals surface area contributed by atoms with Crippen LogP contribution in [0.3, 0.4) is 0 Å². The van der Waals surface area contributed by atoms with Crippen molar-refractivity contribution in [2.45, 2.75) is 44.9 Å². The maximum absolute atomic E-state index is 12.9. The third-order valence-corrected chi connectivity index (χ3v) is 5.84. The van der Waals surface area contributed by atoms with Crippen LogP contribution in [0.25, 0.3) is 10.8 Å². The van der Waals surface area contributed by atoms with Crippen LogP contribution in [0.15, 0.2) is 36.4 Å². The van der Waals surface area contributed by atoms with Crippen LogP contribution in [0.4, 0.5) is 0 Å². The van der Waals surface area contributed by atoms with E-state index in [-0.39, 0.29) is 24.3 Å². The lowest BCUT2D eigenvalue weighted by atomic mass is 9.94. The fourth-order valence-electron chi connectivity index (χ4n) is 4.33. The van der Waals surface area contributed by atoms with E-state index in [0.717, 1.165) is 36.7 Å². The third-order valence-electron chi connectivity index (χ3n) is 5.84. The van der Waals surface area contributed by atoms with Gasteiger partial charge in [-0.25, -0.2) is 0 Å². The molecule has 0 bridgehead atoms. The number of carbonyl (C=O) groups excluding carboxylic acids is 3. The molecule has 2 aliphatic heterocycles. The Labute approximate surface area is 165 Å². The Morgan fingerprint density at radius 1 is 0.821 bits per heavy atom. The van der Waals surface area contributed by atoms with Gasteiger partial charge < -0.3 is 4.90 Å². The maximum Gasteiger partial charge on any atom is 0.261 e. The van der Waals surface area contributed by atoms with Crippen LogP contribution in [0.5, 0.6) is 0 Å². The molecule has 2 heterocycles. The first-order valence-corrected chi connectivity index (χ1v) is 10.3. The molecule has 0 aromatic heterocycles. The van der Waals surface area contributed by atoms with Gasteiger partial charge in [0.15, 0.2) is 0 Å². The van der Waals surface area contributed by atoms with Crippen LogP contribution >= 0.6 is 0 Å². The molecular weight excluding hydrogens is 352 g/mol. The molecule has 2 aromatic carbocycles. The summed E-state index contributed by atoms with van der Waals surface area (Å²) in [4.78, 5) is 41.6. The summed E-state index contributed by atoms with van der Waals surface area (Å²) in [5.41, 5.74) is 1.14. The van der Waals surface area contributed by atoms with Crippen LogP contribution in [-0.2, 0) is 4.79 Å². The van der Waals surface area contributed by atoms with E-state index in [2.05, 4.69) is 0 Å². The van der Waals surface area contributed by atoms with E-state index < -0.39 is 0 Å². The Balaban J connectivity index is 1.42. The van der Waals surface area contributed by atoms with Gasteiger partial charge in [-0.2, -0.15) is 0 Å². The molecule has 0 spiro atoms. The minimum Gasteiger partial charge on any atom is -0.343 e. The van der Waals surface area contributed by atoms with Crippen molar-refractivity contribution in [3.8, 4) is 0 Å². The van der Waals surface area contributed by atoms with Gasteiger partial charge >= 0.3 is 0 Å². The van der Waals surface area contributed by atoms with Crippen molar-refractivity contribution in [1.82, 2.24) is 9.80 Å². The minimum absolute atomic E-state index is 0.140. The molecule has 2 aromatic rings. The van der Waals surface area contributed by atoms with Crippen molar-refractivity contribution >= 4 is 28.5 Å². The fraction of sp³-hybridized carbons (Fsp3) is 0.435. The van der Waals surface area contributed by atoms with Gasteiger partial charge in [-0.05, 0) is 36.8 Å². The van der Waals surface area contributed by atoms with Crippen LogP contribution in [0, 0.1) is 0 Å². The summed E-state index contributed by atoms with van der Waals surface area (Å²) < 4.78 is 0. The van der Waals surface area contributed by atoms with E-state index in [1.807, 2.05) is 29.2 Å². The van der Waals surface area contributed by atoms with Gasteiger partial charge in [0.1, 0.15) is 0 Å². The molecule has 1 fully saturated rings. The molecule has 0 radical (unpaired) electrons. The van der Waals surface area contributed by atoms with Crippen molar-refractivity contribution in [2.24, 2.45) is 0 Å². The molecule has 0 N–H and O–H groups in total. The van der Waals surface area contributed by atoms with Gasteiger partial charge in [-0.1, -0.05) is 43.5 Å². The van der Waals surface area contributed by atoms with Crippen LogP contribution < -0.4 is 0 Å².